The molecule has 2 aromatic heterocycles. The zero-order valence-corrected chi connectivity index (χ0v) is 22.1. The summed E-state index contributed by atoms with van der Waals surface area (Å²) in [6.45, 7) is 10.6. The summed E-state index contributed by atoms with van der Waals surface area (Å²) in [5, 5.41) is 13.5. The molecular weight excluding hydrogens is 482 g/mol. The number of methoxy groups -OCH3 is 1. The maximum atomic E-state index is 13.2. The molecule has 1 amide bonds. The molecule has 3 aromatic rings. The number of hydrogen-bond acceptors (Lipinski definition) is 6. The Hall–Kier alpha value is -3.49. The van der Waals surface area contributed by atoms with Crippen LogP contribution in [0.1, 0.15) is 59.7 Å². The highest BCUT2D eigenvalue weighted by Crippen LogP contribution is 2.39. The van der Waals surface area contributed by atoms with Gasteiger partial charge in [-0.05, 0) is 76.9 Å². The van der Waals surface area contributed by atoms with Gasteiger partial charge in [0.05, 0.1) is 12.7 Å². The predicted molar refractivity (Wildman–Crippen MR) is 139 cm³/mol. The second kappa shape index (κ2) is 10.6. The molecule has 36 heavy (non-hydrogen) atoms. The number of rotatable bonds is 7. The number of aryl methyl sites for hydroxylation is 2. The Labute approximate surface area is 215 Å². The third-order valence-corrected chi connectivity index (χ3v) is 5.68. The van der Waals surface area contributed by atoms with Crippen molar-refractivity contribution >= 4 is 29.3 Å². The van der Waals surface area contributed by atoms with Crippen LogP contribution < -0.4 is 10.1 Å². The van der Waals surface area contributed by atoms with Gasteiger partial charge in [0, 0.05) is 27.5 Å². The Balaban J connectivity index is 2.21. The van der Waals surface area contributed by atoms with Crippen LogP contribution in [0, 0.1) is 20.8 Å². The number of aliphatic carboxylic acids is 1. The lowest BCUT2D eigenvalue weighted by Crippen LogP contribution is -2.29. The average Bonchev–Trinajstić information content (AvgIpc) is 2.79. The molecule has 0 aliphatic heterocycles. The minimum Gasteiger partial charge on any atom is -0.480 e. The zero-order chi connectivity index (χ0) is 26.8. The number of benzene rings is 1. The molecule has 9 heteroatoms. The van der Waals surface area contributed by atoms with Crippen LogP contribution in [0.15, 0.2) is 36.4 Å². The largest absolute Gasteiger partial charge is 0.480 e. The fourth-order valence-electron chi connectivity index (χ4n) is 3.87. The lowest BCUT2D eigenvalue weighted by atomic mass is 9.91. The van der Waals surface area contributed by atoms with Gasteiger partial charge >= 0.3 is 5.97 Å². The van der Waals surface area contributed by atoms with Crippen molar-refractivity contribution in [3.8, 4) is 17.0 Å². The second-order valence-corrected chi connectivity index (χ2v) is 9.81. The molecule has 190 valence electrons. The van der Waals surface area contributed by atoms with E-state index in [9.17, 15) is 14.7 Å². The molecule has 1 aromatic carbocycles. The van der Waals surface area contributed by atoms with Gasteiger partial charge in [0.2, 0.25) is 5.88 Å². The first-order chi connectivity index (χ1) is 16.8. The summed E-state index contributed by atoms with van der Waals surface area (Å²) >= 11 is 6.11. The van der Waals surface area contributed by atoms with Crippen LogP contribution in [0.2, 0.25) is 5.02 Å². The highest BCUT2D eigenvalue weighted by atomic mass is 35.5. The first-order valence-corrected chi connectivity index (χ1v) is 11.7. The van der Waals surface area contributed by atoms with E-state index in [0.29, 0.717) is 38.7 Å². The van der Waals surface area contributed by atoms with E-state index in [1.807, 2.05) is 0 Å². The molecule has 0 spiro atoms. The number of ether oxygens (including phenoxy) is 2. The van der Waals surface area contributed by atoms with E-state index >= 15 is 0 Å². The van der Waals surface area contributed by atoms with E-state index in [0.717, 1.165) is 0 Å². The van der Waals surface area contributed by atoms with Crippen molar-refractivity contribution in [2.45, 2.75) is 53.2 Å². The monoisotopic (exact) mass is 511 g/mol. The van der Waals surface area contributed by atoms with Crippen LogP contribution in [0.3, 0.4) is 0 Å². The summed E-state index contributed by atoms with van der Waals surface area (Å²) < 4.78 is 11.2. The maximum Gasteiger partial charge on any atom is 0.337 e. The van der Waals surface area contributed by atoms with Crippen LogP contribution in [0.25, 0.3) is 11.1 Å². The van der Waals surface area contributed by atoms with E-state index in [1.165, 1.54) is 7.11 Å². The van der Waals surface area contributed by atoms with Crippen LogP contribution in [0.5, 0.6) is 5.88 Å². The average molecular weight is 512 g/mol. The number of pyridine rings is 2. The number of nitrogens with one attached hydrogen (secondary N) is 1. The molecule has 0 fully saturated rings. The van der Waals surface area contributed by atoms with Gasteiger partial charge in [0.25, 0.3) is 5.91 Å². The minimum absolute atomic E-state index is 0.195. The van der Waals surface area contributed by atoms with Gasteiger partial charge in [-0.15, -0.1) is 0 Å². The molecule has 2 heterocycles. The molecule has 0 aliphatic carbocycles. The molecule has 0 unspecified atom stereocenters. The van der Waals surface area contributed by atoms with Crippen molar-refractivity contribution in [2.24, 2.45) is 0 Å². The van der Waals surface area contributed by atoms with Crippen molar-refractivity contribution < 1.29 is 24.2 Å². The van der Waals surface area contributed by atoms with Crippen LogP contribution in [0.4, 0.5) is 5.82 Å². The van der Waals surface area contributed by atoms with Gasteiger partial charge in [0.1, 0.15) is 11.4 Å². The predicted octanol–water partition coefficient (Wildman–Crippen LogP) is 5.92. The third-order valence-electron chi connectivity index (χ3n) is 5.43. The van der Waals surface area contributed by atoms with Crippen molar-refractivity contribution in [3.05, 3.63) is 69.5 Å². The van der Waals surface area contributed by atoms with Crippen LogP contribution in [-0.4, -0.2) is 39.7 Å². The lowest BCUT2D eigenvalue weighted by molar-refractivity contribution is -0.160. The standard InChI is InChI=1S/C27H30ClN3O5/c1-14-8-13-19(25(29-14)35-7)24(32)31-23-15(2)20(17-9-11-18(28)12-10-17)21(16(3)30-23)22(26(33)34)36-27(4,5)6/h8-13,22H,1-7H3,(H,33,34)(H,30,31,32)/t22-/m0/s1. The summed E-state index contributed by atoms with van der Waals surface area (Å²) in [6.07, 6.45) is -1.28. The molecule has 0 bridgehead atoms. The van der Waals surface area contributed by atoms with Gasteiger partial charge < -0.3 is 19.9 Å². The molecule has 8 nitrogen and oxygen atoms in total. The van der Waals surface area contributed by atoms with Gasteiger partial charge in [-0.1, -0.05) is 23.7 Å². The number of aromatic nitrogens is 2. The minimum atomic E-state index is -1.28. The Morgan fingerprint density at radius 1 is 1.03 bits per heavy atom. The Kier molecular flexibility index (Phi) is 8.01. The maximum absolute atomic E-state index is 13.2. The fraction of sp³-hybridized carbons (Fsp3) is 0.333. The van der Waals surface area contributed by atoms with Crippen molar-refractivity contribution in [3.63, 3.8) is 0 Å². The summed E-state index contributed by atoms with van der Waals surface area (Å²) in [5.41, 5.74) is 2.93. The number of amides is 1. The molecule has 0 radical (unpaired) electrons. The Morgan fingerprint density at radius 3 is 2.22 bits per heavy atom. The smallest absolute Gasteiger partial charge is 0.337 e. The second-order valence-electron chi connectivity index (χ2n) is 9.38. The Morgan fingerprint density at radius 2 is 1.67 bits per heavy atom. The van der Waals surface area contributed by atoms with Gasteiger partial charge in [0.15, 0.2) is 6.10 Å². The summed E-state index contributed by atoms with van der Waals surface area (Å²) in [6, 6.07) is 10.4. The van der Waals surface area contributed by atoms with Crippen LogP contribution in [-0.2, 0) is 9.53 Å². The number of carbonyl (C=O) groups is 2. The number of halogens is 1. The lowest BCUT2D eigenvalue weighted by Gasteiger charge is -2.28. The number of carboxylic acid groups (broad SMARTS) is 1. The third kappa shape index (κ3) is 6.01. The molecule has 0 saturated heterocycles. The van der Waals surface area contributed by atoms with E-state index < -0.39 is 23.6 Å². The normalized spacial score (nSPS) is 12.2. The van der Waals surface area contributed by atoms with Crippen molar-refractivity contribution in [2.75, 3.05) is 12.4 Å². The van der Waals surface area contributed by atoms with Crippen molar-refractivity contribution in [1.29, 1.82) is 0 Å². The number of carbonyl (C=O) groups excluding carboxylic acids is 1. The van der Waals surface area contributed by atoms with E-state index in [-0.39, 0.29) is 17.3 Å². The van der Waals surface area contributed by atoms with E-state index in [4.69, 9.17) is 21.1 Å². The van der Waals surface area contributed by atoms with E-state index in [2.05, 4.69) is 15.3 Å². The topological polar surface area (TPSA) is 111 Å². The van der Waals surface area contributed by atoms with Gasteiger partial charge in [-0.25, -0.2) is 14.8 Å². The fourth-order valence-corrected chi connectivity index (χ4v) is 3.99. The summed E-state index contributed by atoms with van der Waals surface area (Å²) in [7, 11) is 1.45. The van der Waals surface area contributed by atoms with Gasteiger partial charge in [-0.3, -0.25) is 4.79 Å². The molecule has 1 atom stereocenters. The highest BCUT2D eigenvalue weighted by molar-refractivity contribution is 6.30. The summed E-state index contributed by atoms with van der Waals surface area (Å²) in [5.74, 6) is -1.11. The first-order valence-electron chi connectivity index (χ1n) is 11.3. The molecule has 0 aliphatic rings. The molecule has 2 N–H and O–H groups in total. The number of carboxylic acids is 1. The Bertz CT molecular complexity index is 1300. The number of hydrogen-bond donors (Lipinski definition) is 2. The molecule has 3 rings (SSSR count). The zero-order valence-electron chi connectivity index (χ0n) is 21.4. The van der Waals surface area contributed by atoms with E-state index in [1.54, 1.807) is 77.9 Å². The molecule has 0 saturated carbocycles. The SMILES string of the molecule is COc1nc(C)ccc1C(=O)Nc1nc(C)c([C@H](OC(C)(C)C)C(=O)O)c(-c2ccc(Cl)cc2)c1C. The highest BCUT2D eigenvalue weighted by Gasteiger charge is 2.33. The molecular formula is C27H30ClN3O5. The van der Waals surface area contributed by atoms with Crippen molar-refractivity contribution in [1.82, 2.24) is 9.97 Å². The number of anilines is 1. The van der Waals surface area contributed by atoms with Gasteiger partial charge in [-0.2, -0.15) is 0 Å². The number of nitrogens with zero attached hydrogens (tertiary/aromatic N) is 2. The first kappa shape index (κ1) is 27.1. The quantitative estimate of drug-likeness (QED) is 0.404. The van der Waals surface area contributed by atoms with Crippen LogP contribution >= 0.6 is 11.6 Å². The summed E-state index contributed by atoms with van der Waals surface area (Å²) in [4.78, 5) is 34.4.